The van der Waals surface area contributed by atoms with Crippen molar-refractivity contribution in [2.45, 2.75) is 39.2 Å². The summed E-state index contributed by atoms with van der Waals surface area (Å²) < 4.78 is 5.10. The Morgan fingerprint density at radius 2 is 1.75 bits per heavy atom. The highest BCUT2D eigenvalue weighted by Gasteiger charge is 2.44. The first kappa shape index (κ1) is 12.7. The van der Waals surface area contributed by atoms with Gasteiger partial charge >= 0.3 is 11.9 Å². The van der Waals surface area contributed by atoms with Crippen molar-refractivity contribution in [3.05, 3.63) is 0 Å². The van der Waals surface area contributed by atoms with Gasteiger partial charge in [-0.05, 0) is 20.8 Å². The summed E-state index contributed by atoms with van der Waals surface area (Å²) in [6.45, 7) is 5.12. The van der Waals surface area contributed by atoms with Gasteiger partial charge in [0.2, 0.25) is 0 Å². The van der Waals surface area contributed by atoms with Gasteiger partial charge in [-0.25, -0.2) is 0 Å². The summed E-state index contributed by atoms with van der Waals surface area (Å²) in [5.41, 5.74) is -0.661. The number of hydrogen-bond acceptors (Lipinski definition) is 4. The molecule has 16 heavy (non-hydrogen) atoms. The maximum Gasteiger partial charge on any atom is 0.310 e. The molecular formula is C11H16O5. The van der Waals surface area contributed by atoms with E-state index in [2.05, 4.69) is 0 Å². The third kappa shape index (κ3) is 3.05. The Morgan fingerprint density at radius 1 is 1.25 bits per heavy atom. The van der Waals surface area contributed by atoms with Crippen LogP contribution in [-0.4, -0.2) is 28.4 Å². The number of carbonyl (C=O) groups excluding carboxylic acids is 2. The summed E-state index contributed by atoms with van der Waals surface area (Å²) >= 11 is 0. The quantitative estimate of drug-likeness (QED) is 0.713. The number of Topliss-reactive ketones (excluding diaryl/α,β-unsaturated/α-hetero) is 1. The zero-order valence-electron chi connectivity index (χ0n) is 9.65. The molecule has 0 aliphatic heterocycles. The number of ether oxygens (including phenoxy) is 1. The van der Waals surface area contributed by atoms with Gasteiger partial charge in [0.25, 0.3) is 0 Å². The van der Waals surface area contributed by atoms with Crippen molar-refractivity contribution in [2.75, 3.05) is 0 Å². The average Bonchev–Trinajstić information content (AvgIpc) is 2.44. The van der Waals surface area contributed by atoms with Crippen LogP contribution in [0.4, 0.5) is 0 Å². The Balaban J connectivity index is 2.75. The minimum Gasteiger partial charge on any atom is -0.481 e. The number of carboxylic acid groups (broad SMARTS) is 1. The van der Waals surface area contributed by atoms with Gasteiger partial charge in [0.1, 0.15) is 11.4 Å². The molecule has 1 N–H and O–H groups in total. The number of esters is 1. The van der Waals surface area contributed by atoms with Crippen LogP contribution in [0.25, 0.3) is 0 Å². The van der Waals surface area contributed by atoms with Crippen LogP contribution < -0.4 is 0 Å². The van der Waals surface area contributed by atoms with Crippen LogP contribution in [0.1, 0.15) is 33.6 Å². The lowest BCUT2D eigenvalue weighted by Gasteiger charge is -2.23. The van der Waals surface area contributed by atoms with Crippen LogP contribution in [-0.2, 0) is 19.1 Å². The SMILES string of the molecule is CC(C)(C)OC(=O)C1CC(=O)C[C@H]1C(=O)O. The second-order valence-corrected chi connectivity index (χ2v) is 5.03. The van der Waals surface area contributed by atoms with E-state index in [1.165, 1.54) is 0 Å². The maximum absolute atomic E-state index is 11.7. The van der Waals surface area contributed by atoms with Crippen LogP contribution in [0.15, 0.2) is 0 Å². The van der Waals surface area contributed by atoms with Gasteiger partial charge in [-0.15, -0.1) is 0 Å². The van der Waals surface area contributed by atoms with Crippen molar-refractivity contribution < 1.29 is 24.2 Å². The Labute approximate surface area is 93.8 Å². The molecule has 0 radical (unpaired) electrons. The van der Waals surface area contributed by atoms with E-state index in [-0.39, 0.29) is 18.6 Å². The standard InChI is InChI=1S/C11H16O5/c1-11(2,3)16-10(15)8-5-6(12)4-7(8)9(13)14/h7-8H,4-5H2,1-3H3,(H,13,14)/t7-,8?/m1/s1. The molecule has 0 heterocycles. The molecule has 90 valence electrons. The van der Waals surface area contributed by atoms with Gasteiger partial charge in [-0.3, -0.25) is 14.4 Å². The first-order valence-electron chi connectivity index (χ1n) is 5.18. The Bertz CT molecular complexity index is 326. The first-order chi connectivity index (χ1) is 7.20. The molecule has 0 bridgehead atoms. The normalized spacial score (nSPS) is 25.6. The van der Waals surface area contributed by atoms with Crippen molar-refractivity contribution in [3.63, 3.8) is 0 Å². The zero-order valence-corrected chi connectivity index (χ0v) is 9.65. The molecule has 0 spiro atoms. The van der Waals surface area contributed by atoms with Gasteiger partial charge in [0.05, 0.1) is 11.8 Å². The molecule has 1 unspecified atom stereocenters. The summed E-state index contributed by atoms with van der Waals surface area (Å²) in [5, 5.41) is 8.89. The maximum atomic E-state index is 11.7. The molecule has 1 fully saturated rings. The molecule has 0 aromatic heterocycles. The van der Waals surface area contributed by atoms with Crippen molar-refractivity contribution >= 4 is 17.7 Å². The molecular weight excluding hydrogens is 212 g/mol. The molecule has 1 saturated carbocycles. The van der Waals surface area contributed by atoms with Crippen LogP contribution in [0.5, 0.6) is 0 Å². The zero-order chi connectivity index (χ0) is 12.5. The molecule has 5 heteroatoms. The third-order valence-corrected chi connectivity index (χ3v) is 2.41. The van der Waals surface area contributed by atoms with Crippen LogP contribution >= 0.6 is 0 Å². The number of hydrogen-bond donors (Lipinski definition) is 1. The van der Waals surface area contributed by atoms with E-state index in [4.69, 9.17) is 9.84 Å². The van der Waals surface area contributed by atoms with Crippen molar-refractivity contribution in [3.8, 4) is 0 Å². The molecule has 1 aliphatic carbocycles. The van der Waals surface area contributed by atoms with Crippen LogP contribution in [0, 0.1) is 11.8 Å². The number of carboxylic acids is 1. The largest absolute Gasteiger partial charge is 0.481 e. The van der Waals surface area contributed by atoms with E-state index in [0.717, 1.165) is 0 Å². The molecule has 0 aromatic carbocycles. The molecule has 1 aliphatic rings. The second kappa shape index (κ2) is 4.23. The fourth-order valence-corrected chi connectivity index (χ4v) is 1.74. The van der Waals surface area contributed by atoms with E-state index in [1.54, 1.807) is 20.8 Å². The van der Waals surface area contributed by atoms with Crippen molar-refractivity contribution in [1.29, 1.82) is 0 Å². The average molecular weight is 228 g/mol. The lowest BCUT2D eigenvalue weighted by molar-refractivity contribution is -0.165. The highest BCUT2D eigenvalue weighted by atomic mass is 16.6. The summed E-state index contributed by atoms with van der Waals surface area (Å²) in [4.78, 5) is 33.7. The minimum atomic E-state index is -1.11. The summed E-state index contributed by atoms with van der Waals surface area (Å²) in [5.74, 6) is -3.65. The predicted molar refractivity (Wildman–Crippen MR) is 54.7 cm³/mol. The summed E-state index contributed by atoms with van der Waals surface area (Å²) in [6.07, 6.45) is -0.0921. The number of aliphatic carboxylic acids is 1. The molecule has 2 atom stereocenters. The van der Waals surface area contributed by atoms with Gasteiger partial charge in [-0.1, -0.05) is 0 Å². The summed E-state index contributed by atoms with van der Waals surface area (Å²) in [7, 11) is 0. The lowest BCUT2D eigenvalue weighted by Crippen LogP contribution is -2.32. The van der Waals surface area contributed by atoms with E-state index >= 15 is 0 Å². The van der Waals surface area contributed by atoms with E-state index in [9.17, 15) is 14.4 Å². The monoisotopic (exact) mass is 228 g/mol. The smallest absolute Gasteiger partial charge is 0.310 e. The molecule has 5 nitrogen and oxygen atoms in total. The van der Waals surface area contributed by atoms with E-state index in [0.29, 0.717) is 0 Å². The molecule has 0 saturated heterocycles. The van der Waals surface area contributed by atoms with Gasteiger partial charge in [0, 0.05) is 12.8 Å². The molecule has 0 aromatic rings. The highest BCUT2D eigenvalue weighted by molar-refractivity contribution is 5.94. The van der Waals surface area contributed by atoms with Crippen molar-refractivity contribution in [2.24, 2.45) is 11.8 Å². The van der Waals surface area contributed by atoms with E-state index in [1.807, 2.05) is 0 Å². The Hall–Kier alpha value is -1.39. The fraction of sp³-hybridized carbons (Fsp3) is 0.727. The fourth-order valence-electron chi connectivity index (χ4n) is 1.74. The highest BCUT2D eigenvalue weighted by Crippen LogP contribution is 2.31. The topological polar surface area (TPSA) is 80.7 Å². The second-order valence-electron chi connectivity index (χ2n) is 5.03. The predicted octanol–water partition coefficient (Wildman–Crippen LogP) is 1.01. The van der Waals surface area contributed by atoms with Gasteiger partial charge in [-0.2, -0.15) is 0 Å². The van der Waals surface area contributed by atoms with Crippen LogP contribution in [0.3, 0.4) is 0 Å². The number of ketones is 1. The summed E-state index contributed by atoms with van der Waals surface area (Å²) in [6, 6.07) is 0. The third-order valence-electron chi connectivity index (χ3n) is 2.41. The molecule has 0 amide bonds. The number of carbonyl (C=O) groups is 3. The van der Waals surface area contributed by atoms with Crippen molar-refractivity contribution in [1.82, 2.24) is 0 Å². The Kier molecular flexibility index (Phi) is 3.35. The van der Waals surface area contributed by atoms with Gasteiger partial charge in [0.15, 0.2) is 0 Å². The van der Waals surface area contributed by atoms with Crippen LogP contribution in [0.2, 0.25) is 0 Å². The molecule has 1 rings (SSSR count). The lowest BCUT2D eigenvalue weighted by atomic mass is 9.96. The van der Waals surface area contributed by atoms with Gasteiger partial charge < -0.3 is 9.84 Å². The number of rotatable bonds is 2. The minimum absolute atomic E-state index is 0.0219. The first-order valence-corrected chi connectivity index (χ1v) is 5.18. The van der Waals surface area contributed by atoms with E-state index < -0.39 is 29.4 Å². The Morgan fingerprint density at radius 3 is 2.19 bits per heavy atom.